The molecule has 0 aliphatic carbocycles. The van der Waals surface area contributed by atoms with E-state index in [2.05, 4.69) is 5.32 Å². The van der Waals surface area contributed by atoms with Crippen molar-refractivity contribution in [2.24, 2.45) is 0 Å². The summed E-state index contributed by atoms with van der Waals surface area (Å²) in [6.07, 6.45) is -1.54. The van der Waals surface area contributed by atoms with Gasteiger partial charge in [-0.2, -0.15) is 0 Å². The molecule has 1 atom stereocenters. The van der Waals surface area contributed by atoms with E-state index in [1.807, 2.05) is 48.5 Å². The molecule has 1 amide bonds. The maximum atomic E-state index is 12.4. The van der Waals surface area contributed by atoms with Gasteiger partial charge in [-0.15, -0.1) is 0 Å². The molecule has 0 aliphatic heterocycles. The van der Waals surface area contributed by atoms with Gasteiger partial charge in [0, 0.05) is 12.1 Å². The monoisotopic (exact) mass is 313 g/mol. The zero-order valence-electron chi connectivity index (χ0n) is 12.9. The molecule has 0 saturated heterocycles. The van der Waals surface area contributed by atoms with Crippen LogP contribution >= 0.6 is 0 Å². The number of hydrogen-bond acceptors (Lipinski definition) is 4. The van der Waals surface area contributed by atoms with Gasteiger partial charge in [-0.25, -0.2) is 4.79 Å². The lowest BCUT2D eigenvalue weighted by atomic mass is 10.1. The van der Waals surface area contributed by atoms with Crippen LogP contribution in [0.1, 0.15) is 12.5 Å². The van der Waals surface area contributed by atoms with E-state index < -0.39 is 18.2 Å². The van der Waals surface area contributed by atoms with Crippen molar-refractivity contribution in [3.63, 3.8) is 0 Å². The smallest absolute Gasteiger partial charge is 0.435 e. The first-order valence-electron chi connectivity index (χ1n) is 7.42. The number of nitrogens with one attached hydrogen (secondary N) is 1. The third-order valence-electron chi connectivity index (χ3n) is 3.10. The van der Waals surface area contributed by atoms with Crippen molar-refractivity contribution in [1.82, 2.24) is 0 Å². The van der Waals surface area contributed by atoms with Crippen molar-refractivity contribution in [2.75, 3.05) is 11.9 Å². The number of para-hydroxylation sites is 1. The second-order valence-electron chi connectivity index (χ2n) is 4.83. The molecule has 2 aromatic carbocycles. The first-order chi connectivity index (χ1) is 11.2. The lowest BCUT2D eigenvalue weighted by molar-refractivity contribution is -0.125. The topological polar surface area (TPSA) is 64.6 Å². The van der Waals surface area contributed by atoms with Crippen LogP contribution < -0.4 is 5.32 Å². The fourth-order valence-corrected chi connectivity index (χ4v) is 2.03. The minimum absolute atomic E-state index is 0.192. The van der Waals surface area contributed by atoms with E-state index >= 15 is 0 Å². The number of carbonyl (C=O) groups is 2. The summed E-state index contributed by atoms with van der Waals surface area (Å²) in [4.78, 5) is 24.0. The number of amides is 1. The van der Waals surface area contributed by atoms with Gasteiger partial charge >= 0.3 is 6.16 Å². The van der Waals surface area contributed by atoms with Gasteiger partial charge in [0.25, 0.3) is 5.91 Å². The molecule has 120 valence electrons. The molecule has 0 aliphatic rings. The van der Waals surface area contributed by atoms with Crippen molar-refractivity contribution in [3.05, 3.63) is 66.2 Å². The second kappa shape index (κ2) is 8.58. The van der Waals surface area contributed by atoms with Crippen molar-refractivity contribution < 1.29 is 19.1 Å². The van der Waals surface area contributed by atoms with E-state index in [0.717, 1.165) is 5.56 Å². The van der Waals surface area contributed by atoms with Crippen LogP contribution in [0, 0.1) is 0 Å². The highest BCUT2D eigenvalue weighted by atomic mass is 16.7. The van der Waals surface area contributed by atoms with E-state index in [9.17, 15) is 9.59 Å². The Morgan fingerprint density at radius 1 is 1.00 bits per heavy atom. The van der Waals surface area contributed by atoms with Gasteiger partial charge < -0.3 is 14.8 Å². The number of rotatable bonds is 6. The fraction of sp³-hybridized carbons (Fsp3) is 0.222. The number of hydrogen-bond donors (Lipinski definition) is 1. The zero-order chi connectivity index (χ0) is 16.5. The SMILES string of the molecule is CCOC(=O)OC(Cc1ccccc1)C(=O)Nc1ccccc1. The van der Waals surface area contributed by atoms with Crippen molar-refractivity contribution >= 4 is 17.7 Å². The number of benzene rings is 2. The van der Waals surface area contributed by atoms with E-state index in [1.165, 1.54) is 0 Å². The van der Waals surface area contributed by atoms with Crippen molar-refractivity contribution in [3.8, 4) is 0 Å². The molecule has 0 fully saturated rings. The first kappa shape index (κ1) is 16.5. The average molecular weight is 313 g/mol. The average Bonchev–Trinajstić information content (AvgIpc) is 2.56. The van der Waals surface area contributed by atoms with Crippen molar-refractivity contribution in [1.29, 1.82) is 0 Å². The van der Waals surface area contributed by atoms with Crippen LogP contribution in [-0.2, 0) is 20.7 Å². The summed E-state index contributed by atoms with van der Waals surface area (Å²) >= 11 is 0. The Kier molecular flexibility index (Phi) is 6.17. The lowest BCUT2D eigenvalue weighted by Crippen LogP contribution is -2.34. The van der Waals surface area contributed by atoms with Crippen LogP contribution in [0.5, 0.6) is 0 Å². The molecule has 1 N–H and O–H groups in total. The van der Waals surface area contributed by atoms with Gasteiger partial charge in [-0.05, 0) is 24.6 Å². The molecular weight excluding hydrogens is 294 g/mol. The second-order valence-corrected chi connectivity index (χ2v) is 4.83. The Balaban J connectivity index is 2.08. The van der Waals surface area contributed by atoms with Gasteiger partial charge in [-0.3, -0.25) is 4.79 Å². The zero-order valence-corrected chi connectivity index (χ0v) is 12.9. The number of ether oxygens (including phenoxy) is 2. The Hall–Kier alpha value is -2.82. The normalized spacial score (nSPS) is 11.3. The van der Waals surface area contributed by atoms with Gasteiger partial charge in [0.15, 0.2) is 6.10 Å². The molecule has 1 unspecified atom stereocenters. The maximum absolute atomic E-state index is 12.4. The van der Waals surface area contributed by atoms with Crippen LogP contribution in [0.15, 0.2) is 60.7 Å². The van der Waals surface area contributed by atoms with Crippen LogP contribution in [0.3, 0.4) is 0 Å². The summed E-state index contributed by atoms with van der Waals surface area (Å²) < 4.78 is 9.92. The molecule has 0 bridgehead atoms. The molecule has 2 rings (SSSR count). The quantitative estimate of drug-likeness (QED) is 0.830. The van der Waals surface area contributed by atoms with Crippen molar-refractivity contribution in [2.45, 2.75) is 19.4 Å². The molecule has 5 nitrogen and oxygen atoms in total. The van der Waals surface area contributed by atoms with Gasteiger partial charge in [-0.1, -0.05) is 48.5 Å². The molecule has 23 heavy (non-hydrogen) atoms. The Morgan fingerprint density at radius 2 is 1.61 bits per heavy atom. The molecule has 0 saturated carbocycles. The van der Waals surface area contributed by atoms with Gasteiger partial charge in [0.2, 0.25) is 0 Å². The minimum Gasteiger partial charge on any atom is -0.435 e. The highest BCUT2D eigenvalue weighted by Gasteiger charge is 2.24. The first-order valence-corrected chi connectivity index (χ1v) is 7.42. The lowest BCUT2D eigenvalue weighted by Gasteiger charge is -2.17. The van der Waals surface area contributed by atoms with Crippen LogP contribution in [0.2, 0.25) is 0 Å². The van der Waals surface area contributed by atoms with E-state index in [0.29, 0.717) is 5.69 Å². The third-order valence-corrected chi connectivity index (χ3v) is 3.10. The van der Waals surface area contributed by atoms with E-state index in [-0.39, 0.29) is 13.0 Å². The predicted molar refractivity (Wildman–Crippen MR) is 87.1 cm³/mol. The molecular formula is C18H19NO4. The number of carbonyl (C=O) groups excluding carboxylic acids is 2. The summed E-state index contributed by atoms with van der Waals surface area (Å²) in [6, 6.07) is 18.4. The Bertz CT molecular complexity index is 628. The Labute approximate surface area is 135 Å². The third kappa shape index (κ3) is 5.47. The van der Waals surface area contributed by atoms with Gasteiger partial charge in [0.05, 0.1) is 6.61 Å². The molecule has 0 aromatic heterocycles. The standard InChI is InChI=1S/C18H19NO4/c1-2-22-18(21)23-16(13-14-9-5-3-6-10-14)17(20)19-15-11-7-4-8-12-15/h3-12,16H,2,13H2,1H3,(H,19,20). The highest BCUT2D eigenvalue weighted by molar-refractivity contribution is 5.95. The molecule has 0 heterocycles. The fourth-order valence-electron chi connectivity index (χ4n) is 2.03. The van der Waals surface area contributed by atoms with E-state index in [4.69, 9.17) is 9.47 Å². The van der Waals surface area contributed by atoms with Crippen LogP contribution in [-0.4, -0.2) is 24.8 Å². The molecule has 0 radical (unpaired) electrons. The maximum Gasteiger partial charge on any atom is 0.509 e. The van der Waals surface area contributed by atoms with Gasteiger partial charge in [0.1, 0.15) is 0 Å². The molecule has 5 heteroatoms. The molecule has 0 spiro atoms. The van der Waals surface area contributed by atoms with Crippen LogP contribution in [0.4, 0.5) is 10.5 Å². The minimum atomic E-state index is -0.961. The predicted octanol–water partition coefficient (Wildman–Crippen LogP) is 3.41. The van der Waals surface area contributed by atoms with E-state index in [1.54, 1.807) is 19.1 Å². The summed E-state index contributed by atoms with van der Waals surface area (Å²) in [5, 5.41) is 2.74. The Morgan fingerprint density at radius 3 is 2.22 bits per heavy atom. The highest BCUT2D eigenvalue weighted by Crippen LogP contribution is 2.11. The molecule has 2 aromatic rings. The van der Waals surface area contributed by atoms with Crippen LogP contribution in [0.25, 0.3) is 0 Å². The summed E-state index contributed by atoms with van der Waals surface area (Å²) in [5.41, 5.74) is 1.54. The number of anilines is 1. The summed E-state index contributed by atoms with van der Waals surface area (Å²) in [5.74, 6) is -0.395. The largest absolute Gasteiger partial charge is 0.509 e. The summed E-state index contributed by atoms with van der Waals surface area (Å²) in [7, 11) is 0. The summed E-state index contributed by atoms with van der Waals surface area (Å²) in [6.45, 7) is 1.87.